The Morgan fingerprint density at radius 2 is 2.27 bits per heavy atom. The summed E-state index contributed by atoms with van der Waals surface area (Å²) < 4.78 is 5.16. The van der Waals surface area contributed by atoms with Crippen molar-refractivity contribution in [2.24, 2.45) is 5.92 Å². The van der Waals surface area contributed by atoms with Crippen molar-refractivity contribution in [2.45, 2.75) is 44.8 Å². The van der Waals surface area contributed by atoms with E-state index in [-0.39, 0.29) is 18.4 Å². The average Bonchev–Trinajstić information content (AvgIpc) is 2.97. The molecule has 1 rings (SSSR count). The van der Waals surface area contributed by atoms with Gasteiger partial charge in [0.2, 0.25) is 5.91 Å². The molecule has 4 heteroatoms. The van der Waals surface area contributed by atoms with E-state index in [2.05, 4.69) is 11.4 Å². The lowest BCUT2D eigenvalue weighted by molar-refractivity contribution is -0.126. The number of carbonyl (C=O) groups excluding carboxylic acids is 1. The molecule has 4 nitrogen and oxygen atoms in total. The highest BCUT2D eigenvalue weighted by molar-refractivity contribution is 5.77. The zero-order valence-corrected chi connectivity index (χ0v) is 9.54. The molecule has 1 fully saturated rings. The third-order valence-corrected chi connectivity index (χ3v) is 2.69. The molecule has 0 bridgehead atoms. The molecule has 0 radical (unpaired) electrons. The number of amides is 1. The van der Waals surface area contributed by atoms with E-state index in [0.717, 1.165) is 12.8 Å². The van der Waals surface area contributed by atoms with Gasteiger partial charge in [0.15, 0.2) is 0 Å². The second kappa shape index (κ2) is 4.63. The van der Waals surface area contributed by atoms with Gasteiger partial charge < -0.3 is 10.1 Å². The molecule has 0 aromatic carbocycles. The Labute approximate surface area is 90.6 Å². The van der Waals surface area contributed by atoms with Gasteiger partial charge >= 0.3 is 0 Å². The SMILES string of the molecule is COC(C)(C)CC(=O)NC(C#N)C1CC1. The summed E-state index contributed by atoms with van der Waals surface area (Å²) in [6, 6.07) is 1.81. The first-order chi connectivity index (χ1) is 6.98. The van der Waals surface area contributed by atoms with E-state index in [1.54, 1.807) is 7.11 Å². The monoisotopic (exact) mass is 210 g/mol. The Balaban J connectivity index is 2.38. The van der Waals surface area contributed by atoms with Gasteiger partial charge in [0.25, 0.3) is 0 Å². The lowest BCUT2D eigenvalue weighted by Gasteiger charge is -2.22. The molecule has 0 saturated heterocycles. The van der Waals surface area contributed by atoms with Crippen molar-refractivity contribution in [3.05, 3.63) is 0 Å². The van der Waals surface area contributed by atoms with E-state index in [1.807, 2.05) is 13.8 Å². The predicted octanol–water partition coefficient (Wildman–Crippen LogP) is 1.22. The van der Waals surface area contributed by atoms with Crippen LogP contribution < -0.4 is 5.32 Å². The van der Waals surface area contributed by atoms with Gasteiger partial charge in [0.1, 0.15) is 6.04 Å². The Morgan fingerprint density at radius 1 is 1.67 bits per heavy atom. The predicted molar refractivity (Wildman–Crippen MR) is 56.0 cm³/mol. The lowest BCUT2D eigenvalue weighted by atomic mass is 10.0. The number of hydrogen-bond acceptors (Lipinski definition) is 3. The summed E-state index contributed by atoms with van der Waals surface area (Å²) in [7, 11) is 1.58. The molecular weight excluding hydrogens is 192 g/mol. The minimum absolute atomic E-state index is 0.111. The van der Waals surface area contributed by atoms with Crippen LogP contribution in [0.15, 0.2) is 0 Å². The number of nitrogens with one attached hydrogen (secondary N) is 1. The molecule has 0 spiro atoms. The molecule has 15 heavy (non-hydrogen) atoms. The van der Waals surface area contributed by atoms with Crippen molar-refractivity contribution in [1.82, 2.24) is 5.32 Å². The Hall–Kier alpha value is -1.08. The van der Waals surface area contributed by atoms with Gasteiger partial charge in [0.05, 0.1) is 18.1 Å². The van der Waals surface area contributed by atoms with Crippen LogP contribution in [0.5, 0.6) is 0 Å². The Morgan fingerprint density at radius 3 is 2.67 bits per heavy atom. The van der Waals surface area contributed by atoms with Gasteiger partial charge in [-0.15, -0.1) is 0 Å². The largest absolute Gasteiger partial charge is 0.378 e. The third-order valence-electron chi connectivity index (χ3n) is 2.69. The zero-order valence-electron chi connectivity index (χ0n) is 9.54. The zero-order chi connectivity index (χ0) is 11.5. The Kier molecular flexibility index (Phi) is 3.70. The fourth-order valence-corrected chi connectivity index (χ4v) is 1.37. The van der Waals surface area contributed by atoms with Gasteiger partial charge in [0, 0.05) is 7.11 Å². The molecule has 1 atom stereocenters. The molecule has 0 aromatic heterocycles. The molecule has 84 valence electrons. The number of nitrogens with zero attached hydrogens (tertiary/aromatic N) is 1. The van der Waals surface area contributed by atoms with Crippen LogP contribution in [0.4, 0.5) is 0 Å². The molecule has 1 aliphatic carbocycles. The average molecular weight is 210 g/mol. The summed E-state index contributed by atoms with van der Waals surface area (Å²) in [5.74, 6) is 0.255. The maximum Gasteiger partial charge on any atom is 0.223 e. The molecule has 1 amide bonds. The van der Waals surface area contributed by atoms with Crippen LogP contribution in [-0.4, -0.2) is 24.7 Å². The first-order valence-electron chi connectivity index (χ1n) is 5.22. The molecule has 1 aliphatic rings. The van der Waals surface area contributed by atoms with Crippen LogP contribution >= 0.6 is 0 Å². The summed E-state index contributed by atoms with van der Waals surface area (Å²) in [5, 5.41) is 11.6. The fraction of sp³-hybridized carbons (Fsp3) is 0.818. The maximum atomic E-state index is 11.6. The van der Waals surface area contributed by atoms with Gasteiger partial charge in [-0.1, -0.05) is 0 Å². The number of methoxy groups -OCH3 is 1. The molecule has 0 aromatic rings. The van der Waals surface area contributed by atoms with Crippen molar-refractivity contribution in [2.75, 3.05) is 7.11 Å². The number of hydrogen-bond donors (Lipinski definition) is 1. The smallest absolute Gasteiger partial charge is 0.223 e. The molecule has 1 unspecified atom stereocenters. The van der Waals surface area contributed by atoms with E-state index in [9.17, 15) is 4.79 Å². The number of rotatable bonds is 5. The number of ether oxygens (including phenoxy) is 1. The van der Waals surface area contributed by atoms with Gasteiger partial charge in [-0.3, -0.25) is 4.79 Å². The second-order valence-corrected chi connectivity index (χ2v) is 4.65. The quantitative estimate of drug-likeness (QED) is 0.742. The molecule has 1 saturated carbocycles. The van der Waals surface area contributed by atoms with Crippen LogP contribution in [0, 0.1) is 17.2 Å². The van der Waals surface area contributed by atoms with Crippen LogP contribution in [0.2, 0.25) is 0 Å². The fourth-order valence-electron chi connectivity index (χ4n) is 1.37. The summed E-state index contributed by atoms with van der Waals surface area (Å²) in [6.07, 6.45) is 2.38. The summed E-state index contributed by atoms with van der Waals surface area (Å²) in [4.78, 5) is 11.6. The van der Waals surface area contributed by atoms with Crippen molar-refractivity contribution in [3.63, 3.8) is 0 Å². The highest BCUT2D eigenvalue weighted by atomic mass is 16.5. The van der Waals surface area contributed by atoms with Gasteiger partial charge in [-0.05, 0) is 32.6 Å². The van der Waals surface area contributed by atoms with E-state index in [4.69, 9.17) is 10.00 Å². The van der Waals surface area contributed by atoms with Crippen molar-refractivity contribution in [3.8, 4) is 6.07 Å². The minimum Gasteiger partial charge on any atom is -0.378 e. The molecule has 0 heterocycles. The normalized spacial score (nSPS) is 18.0. The van der Waals surface area contributed by atoms with E-state index in [0.29, 0.717) is 5.92 Å². The first-order valence-corrected chi connectivity index (χ1v) is 5.22. The van der Waals surface area contributed by atoms with Crippen LogP contribution in [0.1, 0.15) is 33.1 Å². The maximum absolute atomic E-state index is 11.6. The van der Waals surface area contributed by atoms with E-state index < -0.39 is 5.60 Å². The minimum atomic E-state index is -0.465. The topological polar surface area (TPSA) is 62.1 Å². The highest BCUT2D eigenvalue weighted by Crippen LogP contribution is 2.32. The summed E-state index contributed by atoms with van der Waals surface area (Å²) in [5.41, 5.74) is -0.465. The van der Waals surface area contributed by atoms with Crippen molar-refractivity contribution >= 4 is 5.91 Å². The van der Waals surface area contributed by atoms with Crippen molar-refractivity contribution < 1.29 is 9.53 Å². The molecule has 1 N–H and O–H groups in total. The van der Waals surface area contributed by atoms with Crippen molar-refractivity contribution in [1.29, 1.82) is 5.26 Å². The third kappa shape index (κ3) is 3.88. The first kappa shape index (κ1) is 12.0. The van der Waals surface area contributed by atoms with Crippen LogP contribution in [-0.2, 0) is 9.53 Å². The Bertz CT molecular complexity index is 277. The standard InChI is InChI=1S/C11H18N2O2/c1-11(2,15-3)6-10(14)13-9(7-12)8-4-5-8/h8-9H,4-6H2,1-3H3,(H,13,14). The summed E-state index contributed by atoms with van der Waals surface area (Å²) in [6.45, 7) is 3.70. The van der Waals surface area contributed by atoms with Gasteiger partial charge in [-0.2, -0.15) is 5.26 Å². The van der Waals surface area contributed by atoms with Gasteiger partial charge in [-0.25, -0.2) is 0 Å². The summed E-state index contributed by atoms with van der Waals surface area (Å²) >= 11 is 0. The highest BCUT2D eigenvalue weighted by Gasteiger charge is 2.33. The second-order valence-electron chi connectivity index (χ2n) is 4.65. The van der Waals surface area contributed by atoms with Crippen LogP contribution in [0.3, 0.4) is 0 Å². The number of carbonyl (C=O) groups is 1. The van der Waals surface area contributed by atoms with E-state index in [1.165, 1.54) is 0 Å². The molecule has 0 aliphatic heterocycles. The lowest BCUT2D eigenvalue weighted by Crippen LogP contribution is -2.39. The number of nitriles is 1. The van der Waals surface area contributed by atoms with Crippen LogP contribution in [0.25, 0.3) is 0 Å². The molecular formula is C11H18N2O2. The van der Waals surface area contributed by atoms with E-state index >= 15 is 0 Å².